The van der Waals surface area contributed by atoms with E-state index in [-0.39, 0.29) is 22.8 Å². The minimum Gasteiger partial charge on any atom is -0.492 e. The second kappa shape index (κ2) is 7.72. The van der Waals surface area contributed by atoms with Crippen molar-refractivity contribution in [2.24, 2.45) is 0 Å². The molecular weight excluding hydrogens is 423 g/mol. The Bertz CT molecular complexity index is 1110. The lowest BCUT2D eigenvalue weighted by Gasteiger charge is -2.25. The lowest BCUT2D eigenvalue weighted by Crippen LogP contribution is -2.37. The fourth-order valence-corrected chi connectivity index (χ4v) is 4.24. The molecule has 9 heteroatoms. The van der Waals surface area contributed by atoms with Gasteiger partial charge >= 0.3 is 0 Å². The molecule has 2 heterocycles. The smallest absolute Gasteiger partial charge is 0.278 e. The number of amides is 1. The Morgan fingerprint density at radius 2 is 1.86 bits per heavy atom. The SMILES string of the molecule is O=C(c1nc2c(F)cc(F)cc2nc1O)N1CCC[C@H]1Cc1cc(Cl)cc(Cl)c1. The Labute approximate surface area is 174 Å². The van der Waals surface area contributed by atoms with Crippen molar-refractivity contribution in [2.75, 3.05) is 6.54 Å². The first-order chi connectivity index (χ1) is 13.8. The summed E-state index contributed by atoms with van der Waals surface area (Å²) >= 11 is 12.1. The number of aromatic nitrogens is 2. The molecule has 1 aromatic heterocycles. The number of fused-ring (bicyclic) bond motifs is 1. The van der Waals surface area contributed by atoms with Crippen molar-refractivity contribution in [2.45, 2.75) is 25.3 Å². The average Bonchev–Trinajstić information content (AvgIpc) is 3.07. The molecule has 0 radical (unpaired) electrons. The van der Waals surface area contributed by atoms with E-state index < -0.39 is 23.4 Å². The lowest BCUT2D eigenvalue weighted by atomic mass is 10.0. The van der Waals surface area contributed by atoms with Gasteiger partial charge in [0.2, 0.25) is 5.88 Å². The molecule has 150 valence electrons. The molecule has 1 aliphatic rings. The molecule has 4 rings (SSSR count). The van der Waals surface area contributed by atoms with Gasteiger partial charge in [-0.2, -0.15) is 0 Å². The van der Waals surface area contributed by atoms with E-state index in [2.05, 4.69) is 9.97 Å². The van der Waals surface area contributed by atoms with Crippen LogP contribution in [0.5, 0.6) is 5.88 Å². The minimum absolute atomic E-state index is 0.160. The van der Waals surface area contributed by atoms with Crippen LogP contribution in [0.25, 0.3) is 11.0 Å². The monoisotopic (exact) mass is 437 g/mol. The zero-order chi connectivity index (χ0) is 20.7. The van der Waals surface area contributed by atoms with Crippen LogP contribution in [0.2, 0.25) is 10.0 Å². The molecule has 2 aromatic carbocycles. The molecule has 1 atom stereocenters. The van der Waals surface area contributed by atoms with Crippen molar-refractivity contribution < 1.29 is 18.7 Å². The largest absolute Gasteiger partial charge is 0.492 e. The fourth-order valence-electron chi connectivity index (χ4n) is 3.67. The standard InChI is InChI=1S/C20H15Cl2F2N3O2/c21-11-4-10(5-12(22)7-11)6-14-2-1-3-27(14)20(29)18-19(28)25-16-9-13(23)8-15(24)17(16)26-18/h4-5,7-9,14H,1-3,6H2,(H,25,28)/t14-/m0/s1. The van der Waals surface area contributed by atoms with Crippen LogP contribution in [0.1, 0.15) is 28.9 Å². The molecule has 1 fully saturated rings. The number of nitrogens with zero attached hydrogens (tertiary/aromatic N) is 3. The van der Waals surface area contributed by atoms with Crippen molar-refractivity contribution in [3.05, 3.63) is 63.3 Å². The van der Waals surface area contributed by atoms with Gasteiger partial charge in [0.25, 0.3) is 5.91 Å². The summed E-state index contributed by atoms with van der Waals surface area (Å²) in [6, 6.07) is 6.64. The van der Waals surface area contributed by atoms with Crippen molar-refractivity contribution in [1.29, 1.82) is 0 Å². The molecule has 29 heavy (non-hydrogen) atoms. The van der Waals surface area contributed by atoms with Crippen LogP contribution in [-0.2, 0) is 6.42 Å². The minimum atomic E-state index is -0.951. The Morgan fingerprint density at radius 1 is 1.14 bits per heavy atom. The van der Waals surface area contributed by atoms with E-state index in [0.717, 1.165) is 24.5 Å². The summed E-state index contributed by atoms with van der Waals surface area (Å²) < 4.78 is 27.4. The Kier molecular flexibility index (Phi) is 5.27. The number of likely N-dealkylation sites (tertiary alicyclic amines) is 1. The zero-order valence-electron chi connectivity index (χ0n) is 15.0. The Hall–Kier alpha value is -2.51. The maximum atomic E-state index is 14.1. The predicted octanol–water partition coefficient (Wildman–Crippen LogP) is 4.77. The Balaban J connectivity index is 1.65. The highest BCUT2D eigenvalue weighted by molar-refractivity contribution is 6.34. The van der Waals surface area contributed by atoms with Gasteiger partial charge in [0.15, 0.2) is 11.5 Å². The third-order valence-corrected chi connectivity index (χ3v) is 5.34. The fraction of sp³-hybridized carbons (Fsp3) is 0.250. The third-order valence-electron chi connectivity index (χ3n) is 4.90. The summed E-state index contributed by atoms with van der Waals surface area (Å²) in [5.74, 6) is -3.02. The molecule has 1 amide bonds. The van der Waals surface area contributed by atoms with E-state index in [1.807, 2.05) is 0 Å². The van der Waals surface area contributed by atoms with Crippen LogP contribution in [0, 0.1) is 11.6 Å². The van der Waals surface area contributed by atoms with Gasteiger partial charge in [-0.15, -0.1) is 0 Å². The molecule has 1 saturated heterocycles. The second-order valence-electron chi connectivity index (χ2n) is 6.93. The molecule has 1 N–H and O–H groups in total. The first-order valence-corrected chi connectivity index (χ1v) is 9.69. The van der Waals surface area contributed by atoms with E-state index in [1.165, 1.54) is 0 Å². The highest BCUT2D eigenvalue weighted by atomic mass is 35.5. The maximum Gasteiger partial charge on any atom is 0.278 e. The number of hydrogen-bond acceptors (Lipinski definition) is 4. The Morgan fingerprint density at radius 3 is 2.59 bits per heavy atom. The number of halogens is 4. The predicted molar refractivity (Wildman–Crippen MR) is 105 cm³/mol. The second-order valence-corrected chi connectivity index (χ2v) is 7.80. The first-order valence-electron chi connectivity index (χ1n) is 8.93. The topological polar surface area (TPSA) is 66.3 Å². The van der Waals surface area contributed by atoms with Crippen molar-refractivity contribution in [3.8, 4) is 5.88 Å². The van der Waals surface area contributed by atoms with Crippen LogP contribution in [0.3, 0.4) is 0 Å². The number of hydrogen-bond donors (Lipinski definition) is 1. The van der Waals surface area contributed by atoms with Crippen molar-refractivity contribution in [3.63, 3.8) is 0 Å². The van der Waals surface area contributed by atoms with E-state index in [9.17, 15) is 18.7 Å². The van der Waals surface area contributed by atoms with Gasteiger partial charge in [-0.05, 0) is 43.0 Å². The van der Waals surface area contributed by atoms with Crippen LogP contribution in [0.15, 0.2) is 30.3 Å². The normalized spacial score (nSPS) is 16.6. The van der Waals surface area contributed by atoms with Crippen molar-refractivity contribution >= 4 is 40.1 Å². The van der Waals surface area contributed by atoms with Crippen LogP contribution < -0.4 is 0 Å². The van der Waals surface area contributed by atoms with Crippen LogP contribution in [0.4, 0.5) is 8.78 Å². The number of rotatable bonds is 3. The van der Waals surface area contributed by atoms with Gasteiger partial charge in [-0.3, -0.25) is 4.79 Å². The molecule has 1 aliphatic heterocycles. The molecule has 0 spiro atoms. The van der Waals surface area contributed by atoms with Gasteiger partial charge in [-0.25, -0.2) is 18.7 Å². The molecule has 3 aromatic rings. The van der Waals surface area contributed by atoms with Crippen LogP contribution >= 0.6 is 23.2 Å². The highest BCUT2D eigenvalue weighted by Gasteiger charge is 2.32. The van der Waals surface area contributed by atoms with E-state index in [0.29, 0.717) is 29.1 Å². The van der Waals surface area contributed by atoms with Gasteiger partial charge in [0.1, 0.15) is 11.3 Å². The summed E-state index contributed by atoms with van der Waals surface area (Å²) in [6.07, 6.45) is 2.04. The molecule has 5 nitrogen and oxygen atoms in total. The quantitative estimate of drug-likeness (QED) is 0.640. The van der Waals surface area contributed by atoms with E-state index >= 15 is 0 Å². The summed E-state index contributed by atoms with van der Waals surface area (Å²) in [6.45, 7) is 0.461. The summed E-state index contributed by atoms with van der Waals surface area (Å²) in [7, 11) is 0. The molecule has 0 saturated carbocycles. The van der Waals surface area contributed by atoms with Gasteiger partial charge in [-0.1, -0.05) is 23.2 Å². The molecular formula is C20H15Cl2F2N3O2. The first kappa shape index (κ1) is 19.8. The molecule has 0 unspecified atom stereocenters. The summed E-state index contributed by atoms with van der Waals surface area (Å²) in [4.78, 5) is 22.3. The third kappa shape index (κ3) is 3.97. The molecule has 0 bridgehead atoms. The van der Waals surface area contributed by atoms with E-state index in [4.69, 9.17) is 23.2 Å². The van der Waals surface area contributed by atoms with Gasteiger partial charge in [0.05, 0.1) is 5.52 Å². The number of carbonyl (C=O) groups excluding carboxylic acids is 1. The lowest BCUT2D eigenvalue weighted by molar-refractivity contribution is 0.0726. The summed E-state index contributed by atoms with van der Waals surface area (Å²) in [5, 5.41) is 11.2. The number of aromatic hydroxyl groups is 1. The number of carbonyl (C=O) groups is 1. The van der Waals surface area contributed by atoms with Crippen LogP contribution in [-0.4, -0.2) is 38.5 Å². The van der Waals surface area contributed by atoms with E-state index in [1.54, 1.807) is 23.1 Å². The maximum absolute atomic E-state index is 14.1. The van der Waals surface area contributed by atoms with Gasteiger partial charge < -0.3 is 10.0 Å². The van der Waals surface area contributed by atoms with Gasteiger partial charge in [0, 0.05) is 34.8 Å². The number of benzene rings is 2. The summed E-state index contributed by atoms with van der Waals surface area (Å²) in [5.41, 5.74) is 0.0783. The molecule has 0 aliphatic carbocycles. The van der Waals surface area contributed by atoms with Crippen molar-refractivity contribution in [1.82, 2.24) is 14.9 Å². The zero-order valence-corrected chi connectivity index (χ0v) is 16.5. The average molecular weight is 438 g/mol. The highest BCUT2D eigenvalue weighted by Crippen LogP contribution is 2.28.